The topological polar surface area (TPSA) is 113 Å². The second-order valence-electron chi connectivity index (χ2n) is 3.59. The number of aliphatic hydroxyl groups excluding tert-OH is 2. The molecule has 1 aromatic carbocycles. The largest absolute Gasteiger partial charge is 0.399 e. The number of nitrogen functional groups attached to an aromatic ring is 2. The van der Waals surface area contributed by atoms with Crippen LogP contribution in [0.15, 0.2) is 18.2 Å². The molecule has 6 heteroatoms. The molecule has 1 aromatic rings. The Hall–Kier alpha value is -1.79. The van der Waals surface area contributed by atoms with Crippen molar-refractivity contribution >= 4 is 17.3 Å². The molecular weight excluding hydrogens is 222 g/mol. The number of benzene rings is 1. The van der Waals surface area contributed by atoms with Crippen molar-refractivity contribution < 1.29 is 15.0 Å². The average molecular weight is 239 g/mol. The quantitative estimate of drug-likeness (QED) is 0.506. The van der Waals surface area contributed by atoms with Crippen LogP contribution in [0, 0.1) is 0 Å². The van der Waals surface area contributed by atoms with Crippen molar-refractivity contribution in [3.63, 3.8) is 0 Å². The summed E-state index contributed by atoms with van der Waals surface area (Å²) in [5.74, 6) is -0.349. The molecule has 0 aliphatic carbocycles. The third-order valence-electron chi connectivity index (χ3n) is 2.33. The van der Waals surface area contributed by atoms with Crippen LogP contribution in [0.4, 0.5) is 11.4 Å². The second kappa shape index (κ2) is 6.07. The van der Waals surface area contributed by atoms with E-state index in [9.17, 15) is 4.79 Å². The molecule has 0 spiro atoms. The maximum absolute atomic E-state index is 12.1. The lowest BCUT2D eigenvalue weighted by Crippen LogP contribution is -2.36. The summed E-state index contributed by atoms with van der Waals surface area (Å²) in [5, 5.41) is 17.7. The highest BCUT2D eigenvalue weighted by atomic mass is 16.3. The molecule has 0 radical (unpaired) electrons. The van der Waals surface area contributed by atoms with Gasteiger partial charge in [0.05, 0.1) is 18.8 Å². The fraction of sp³-hybridized carbons (Fsp3) is 0.364. The van der Waals surface area contributed by atoms with Crippen LogP contribution in [0.5, 0.6) is 0 Å². The molecule has 1 rings (SSSR count). The normalized spacial score (nSPS) is 10.2. The van der Waals surface area contributed by atoms with Crippen LogP contribution < -0.4 is 11.5 Å². The Balaban J connectivity index is 2.95. The number of amides is 1. The van der Waals surface area contributed by atoms with Crippen molar-refractivity contribution in [2.24, 2.45) is 0 Å². The zero-order valence-corrected chi connectivity index (χ0v) is 9.47. The molecule has 17 heavy (non-hydrogen) atoms. The molecule has 0 heterocycles. The number of carbonyl (C=O) groups is 1. The van der Waals surface area contributed by atoms with E-state index >= 15 is 0 Å². The minimum absolute atomic E-state index is 0.146. The van der Waals surface area contributed by atoms with Crippen LogP contribution in [-0.4, -0.2) is 47.3 Å². The third-order valence-corrected chi connectivity index (χ3v) is 2.33. The lowest BCUT2D eigenvalue weighted by atomic mass is 10.1. The van der Waals surface area contributed by atoms with Crippen LogP contribution in [0.2, 0.25) is 0 Å². The number of rotatable bonds is 5. The van der Waals surface area contributed by atoms with Crippen molar-refractivity contribution in [2.75, 3.05) is 37.8 Å². The molecule has 0 aromatic heterocycles. The standard InChI is InChI=1S/C11H17N3O3/c12-8-1-2-10(13)9(7-8)11(17)14(3-5-15)4-6-16/h1-2,7,15-16H,3-6,12-13H2. The Labute approximate surface area is 99.4 Å². The van der Waals surface area contributed by atoms with E-state index < -0.39 is 0 Å². The van der Waals surface area contributed by atoms with Crippen molar-refractivity contribution in [1.82, 2.24) is 4.90 Å². The van der Waals surface area contributed by atoms with Crippen molar-refractivity contribution in [3.05, 3.63) is 23.8 Å². The number of anilines is 2. The lowest BCUT2D eigenvalue weighted by molar-refractivity contribution is 0.0686. The van der Waals surface area contributed by atoms with E-state index in [1.807, 2.05) is 0 Å². The van der Waals surface area contributed by atoms with Crippen LogP contribution in [-0.2, 0) is 0 Å². The first-order chi connectivity index (χ1) is 8.10. The number of aliphatic hydroxyl groups is 2. The summed E-state index contributed by atoms with van der Waals surface area (Å²) in [6.45, 7) is -0.0524. The minimum atomic E-state index is -0.349. The van der Waals surface area contributed by atoms with Crippen molar-refractivity contribution in [1.29, 1.82) is 0 Å². The third kappa shape index (κ3) is 3.33. The van der Waals surface area contributed by atoms with Gasteiger partial charge in [-0.3, -0.25) is 4.79 Å². The Kier molecular flexibility index (Phi) is 4.74. The fourth-order valence-electron chi connectivity index (χ4n) is 1.49. The molecule has 6 N–H and O–H groups in total. The highest BCUT2D eigenvalue weighted by Gasteiger charge is 2.17. The van der Waals surface area contributed by atoms with Crippen molar-refractivity contribution in [3.8, 4) is 0 Å². The summed E-state index contributed by atoms with van der Waals surface area (Å²) in [4.78, 5) is 13.4. The molecule has 94 valence electrons. The van der Waals surface area contributed by atoms with Gasteiger partial charge in [-0.1, -0.05) is 0 Å². The molecular formula is C11H17N3O3. The monoisotopic (exact) mass is 239 g/mol. The first kappa shape index (κ1) is 13.3. The van der Waals surface area contributed by atoms with E-state index in [-0.39, 0.29) is 37.8 Å². The van der Waals surface area contributed by atoms with E-state index in [2.05, 4.69) is 0 Å². The molecule has 0 bridgehead atoms. The predicted octanol–water partition coefficient (Wildman–Crippen LogP) is -0.722. The highest BCUT2D eigenvalue weighted by molar-refractivity contribution is 6.00. The Morgan fingerprint density at radius 1 is 1.18 bits per heavy atom. The summed E-state index contributed by atoms with van der Waals surface area (Å²) in [5.41, 5.74) is 12.3. The molecule has 0 atom stereocenters. The van der Waals surface area contributed by atoms with Gasteiger partial charge in [0.15, 0.2) is 0 Å². The summed E-state index contributed by atoms with van der Waals surface area (Å²) in [6, 6.07) is 4.65. The Morgan fingerprint density at radius 3 is 2.29 bits per heavy atom. The molecule has 0 unspecified atom stereocenters. The number of nitrogens with two attached hydrogens (primary N) is 2. The summed E-state index contributed by atoms with van der Waals surface area (Å²) >= 11 is 0. The van der Waals surface area contributed by atoms with Crippen LogP contribution in [0.3, 0.4) is 0 Å². The van der Waals surface area contributed by atoms with Crippen LogP contribution in [0.25, 0.3) is 0 Å². The SMILES string of the molecule is Nc1ccc(N)c(C(=O)N(CCO)CCO)c1. The van der Waals surface area contributed by atoms with E-state index in [1.54, 1.807) is 12.1 Å². The zero-order valence-electron chi connectivity index (χ0n) is 9.47. The molecule has 0 fully saturated rings. The number of hydrogen-bond donors (Lipinski definition) is 4. The smallest absolute Gasteiger partial charge is 0.256 e. The van der Waals surface area contributed by atoms with E-state index in [1.165, 1.54) is 11.0 Å². The minimum Gasteiger partial charge on any atom is -0.399 e. The summed E-state index contributed by atoms with van der Waals surface area (Å²) in [6.07, 6.45) is 0. The average Bonchev–Trinajstić information content (AvgIpc) is 2.31. The van der Waals surface area contributed by atoms with E-state index in [0.29, 0.717) is 11.4 Å². The van der Waals surface area contributed by atoms with Crippen LogP contribution in [0.1, 0.15) is 10.4 Å². The maximum Gasteiger partial charge on any atom is 0.256 e. The fourth-order valence-corrected chi connectivity index (χ4v) is 1.49. The number of carbonyl (C=O) groups excluding carboxylic acids is 1. The number of nitrogens with zero attached hydrogens (tertiary/aromatic N) is 1. The van der Waals surface area contributed by atoms with Gasteiger partial charge in [-0.25, -0.2) is 0 Å². The van der Waals surface area contributed by atoms with E-state index in [0.717, 1.165) is 0 Å². The Morgan fingerprint density at radius 2 is 1.76 bits per heavy atom. The second-order valence-corrected chi connectivity index (χ2v) is 3.59. The van der Waals surface area contributed by atoms with Gasteiger partial charge in [0.25, 0.3) is 5.91 Å². The van der Waals surface area contributed by atoms with Gasteiger partial charge in [0.2, 0.25) is 0 Å². The van der Waals surface area contributed by atoms with Gasteiger partial charge in [-0.15, -0.1) is 0 Å². The molecule has 1 amide bonds. The van der Waals surface area contributed by atoms with Crippen molar-refractivity contribution in [2.45, 2.75) is 0 Å². The van der Waals surface area contributed by atoms with Gasteiger partial charge in [0.1, 0.15) is 0 Å². The van der Waals surface area contributed by atoms with Gasteiger partial charge in [-0.05, 0) is 18.2 Å². The number of hydrogen-bond acceptors (Lipinski definition) is 5. The first-order valence-corrected chi connectivity index (χ1v) is 5.26. The molecule has 0 aliphatic heterocycles. The first-order valence-electron chi connectivity index (χ1n) is 5.26. The molecule has 0 aliphatic rings. The lowest BCUT2D eigenvalue weighted by Gasteiger charge is -2.21. The van der Waals surface area contributed by atoms with E-state index in [4.69, 9.17) is 21.7 Å². The maximum atomic E-state index is 12.1. The van der Waals surface area contributed by atoms with Gasteiger partial charge in [0, 0.05) is 24.5 Å². The molecule has 0 saturated heterocycles. The molecule has 0 saturated carbocycles. The van der Waals surface area contributed by atoms with Gasteiger partial charge in [-0.2, -0.15) is 0 Å². The zero-order chi connectivity index (χ0) is 12.8. The highest BCUT2D eigenvalue weighted by Crippen LogP contribution is 2.17. The van der Waals surface area contributed by atoms with Gasteiger partial charge < -0.3 is 26.6 Å². The van der Waals surface area contributed by atoms with Crippen LogP contribution >= 0.6 is 0 Å². The van der Waals surface area contributed by atoms with Gasteiger partial charge >= 0.3 is 0 Å². The Bertz CT molecular complexity index is 390. The molecule has 6 nitrogen and oxygen atoms in total. The summed E-state index contributed by atoms with van der Waals surface area (Å²) in [7, 11) is 0. The summed E-state index contributed by atoms with van der Waals surface area (Å²) < 4.78 is 0. The predicted molar refractivity (Wildman–Crippen MR) is 65.3 cm³/mol.